The highest BCUT2D eigenvalue weighted by Crippen LogP contribution is 2.24. The van der Waals surface area contributed by atoms with Gasteiger partial charge in [0.05, 0.1) is 4.92 Å². The van der Waals surface area contributed by atoms with Crippen molar-refractivity contribution in [2.24, 2.45) is 0 Å². The molecule has 104 valence electrons. The van der Waals surface area contributed by atoms with E-state index in [-0.39, 0.29) is 10.6 Å². The molecule has 5 heteroatoms. The lowest BCUT2D eigenvalue weighted by atomic mass is 10.0. The number of nitrogens with zero attached hydrogens (tertiary/aromatic N) is 2. The first kappa shape index (κ1) is 13.8. The topological polar surface area (TPSA) is 58.4 Å². The van der Waals surface area contributed by atoms with Crippen LogP contribution in [0.3, 0.4) is 0 Å². The third-order valence-corrected chi connectivity index (χ3v) is 3.81. The summed E-state index contributed by atoms with van der Waals surface area (Å²) in [6, 6.07) is 5.79. The summed E-state index contributed by atoms with van der Waals surface area (Å²) in [5.74, 6) is 0. The molecule has 5 nitrogen and oxygen atoms in total. The van der Waals surface area contributed by atoms with E-state index in [2.05, 4.69) is 17.1 Å². The number of nitro groups is 1. The molecule has 1 aliphatic rings. The van der Waals surface area contributed by atoms with E-state index in [4.69, 9.17) is 0 Å². The lowest BCUT2D eigenvalue weighted by molar-refractivity contribution is -0.385. The van der Waals surface area contributed by atoms with Crippen LogP contribution in [-0.2, 0) is 0 Å². The third-order valence-electron chi connectivity index (χ3n) is 3.81. The van der Waals surface area contributed by atoms with Gasteiger partial charge in [-0.1, -0.05) is 13.0 Å². The van der Waals surface area contributed by atoms with Crippen molar-refractivity contribution in [2.75, 3.05) is 25.0 Å². The zero-order chi connectivity index (χ0) is 13.8. The number of hydrogen-bond acceptors (Lipinski definition) is 4. The van der Waals surface area contributed by atoms with Crippen LogP contribution in [0.25, 0.3) is 0 Å². The molecular weight excluding hydrogens is 242 g/mol. The van der Waals surface area contributed by atoms with Gasteiger partial charge in [-0.3, -0.25) is 10.1 Å². The summed E-state index contributed by atoms with van der Waals surface area (Å²) in [6.45, 7) is 7.24. The lowest BCUT2D eigenvalue weighted by Crippen LogP contribution is -2.38. The monoisotopic (exact) mass is 263 g/mol. The van der Waals surface area contributed by atoms with Gasteiger partial charge in [0.25, 0.3) is 5.69 Å². The van der Waals surface area contributed by atoms with E-state index in [1.807, 2.05) is 12.1 Å². The fourth-order valence-electron chi connectivity index (χ4n) is 2.53. The Morgan fingerprint density at radius 2 is 2.11 bits per heavy atom. The van der Waals surface area contributed by atoms with E-state index in [0.717, 1.165) is 38.2 Å². The van der Waals surface area contributed by atoms with Crippen LogP contribution < -0.4 is 5.32 Å². The summed E-state index contributed by atoms with van der Waals surface area (Å²) in [7, 11) is 0. The van der Waals surface area contributed by atoms with Gasteiger partial charge in [-0.05, 0) is 32.4 Å². The number of nitrogens with one attached hydrogen (secondary N) is 1. The van der Waals surface area contributed by atoms with Crippen molar-refractivity contribution < 1.29 is 4.92 Å². The molecule has 0 amide bonds. The molecule has 1 fully saturated rings. The molecule has 0 bridgehead atoms. The molecular formula is C14H21N3O2. The first-order valence-corrected chi connectivity index (χ1v) is 6.84. The minimum atomic E-state index is -0.319. The van der Waals surface area contributed by atoms with Crippen LogP contribution in [-0.4, -0.2) is 35.5 Å². The fraction of sp³-hybridized carbons (Fsp3) is 0.571. The van der Waals surface area contributed by atoms with Crippen molar-refractivity contribution in [2.45, 2.75) is 32.7 Å². The Hall–Kier alpha value is -1.62. The number of aryl methyl sites for hydroxylation is 1. The Morgan fingerprint density at radius 3 is 2.68 bits per heavy atom. The zero-order valence-corrected chi connectivity index (χ0v) is 11.6. The van der Waals surface area contributed by atoms with Gasteiger partial charge in [-0.15, -0.1) is 0 Å². The smallest absolute Gasteiger partial charge is 0.274 e. The molecule has 0 aliphatic carbocycles. The number of piperidine rings is 1. The molecule has 19 heavy (non-hydrogen) atoms. The molecule has 0 unspecified atom stereocenters. The van der Waals surface area contributed by atoms with Gasteiger partial charge in [0.2, 0.25) is 0 Å². The van der Waals surface area contributed by atoms with Crippen molar-refractivity contribution >= 4 is 11.4 Å². The van der Waals surface area contributed by atoms with E-state index in [0.29, 0.717) is 11.6 Å². The van der Waals surface area contributed by atoms with Crippen molar-refractivity contribution in [3.8, 4) is 0 Å². The summed E-state index contributed by atoms with van der Waals surface area (Å²) in [5, 5.41) is 14.3. The zero-order valence-electron chi connectivity index (χ0n) is 11.6. The van der Waals surface area contributed by atoms with Gasteiger partial charge in [0, 0.05) is 36.4 Å². The maximum absolute atomic E-state index is 10.9. The second kappa shape index (κ2) is 6.02. The molecule has 1 N–H and O–H groups in total. The highest BCUT2D eigenvalue weighted by molar-refractivity contribution is 5.55. The van der Waals surface area contributed by atoms with Crippen LogP contribution in [0, 0.1) is 17.0 Å². The predicted octanol–water partition coefficient (Wildman–Crippen LogP) is 2.80. The number of benzene rings is 1. The average Bonchev–Trinajstić information content (AvgIpc) is 2.41. The minimum absolute atomic E-state index is 0.191. The lowest BCUT2D eigenvalue weighted by Gasteiger charge is -2.32. The quantitative estimate of drug-likeness (QED) is 0.670. The van der Waals surface area contributed by atoms with Crippen LogP contribution in [0.2, 0.25) is 0 Å². The van der Waals surface area contributed by atoms with Gasteiger partial charge in [-0.2, -0.15) is 0 Å². The van der Waals surface area contributed by atoms with Gasteiger partial charge >= 0.3 is 0 Å². The highest BCUT2D eigenvalue weighted by atomic mass is 16.6. The first-order valence-electron chi connectivity index (χ1n) is 6.84. The first-order chi connectivity index (χ1) is 9.10. The summed E-state index contributed by atoms with van der Waals surface area (Å²) >= 11 is 0. The van der Waals surface area contributed by atoms with Crippen LogP contribution >= 0.6 is 0 Å². The molecule has 1 heterocycles. The Kier molecular flexibility index (Phi) is 4.37. The largest absolute Gasteiger partial charge is 0.382 e. The van der Waals surface area contributed by atoms with Crippen LogP contribution in [0.1, 0.15) is 25.3 Å². The summed E-state index contributed by atoms with van der Waals surface area (Å²) in [5.41, 5.74) is 1.75. The van der Waals surface area contributed by atoms with Gasteiger partial charge in [0.1, 0.15) is 0 Å². The molecule has 0 saturated carbocycles. The van der Waals surface area contributed by atoms with E-state index < -0.39 is 0 Å². The Bertz CT molecular complexity index is 454. The van der Waals surface area contributed by atoms with Crippen molar-refractivity contribution in [1.82, 2.24) is 4.90 Å². The van der Waals surface area contributed by atoms with Crippen LogP contribution in [0.5, 0.6) is 0 Å². The normalized spacial score (nSPS) is 17.4. The second-order valence-corrected chi connectivity index (χ2v) is 5.11. The minimum Gasteiger partial charge on any atom is -0.382 e. The second-order valence-electron chi connectivity index (χ2n) is 5.11. The third kappa shape index (κ3) is 3.44. The van der Waals surface area contributed by atoms with Gasteiger partial charge in [0.15, 0.2) is 0 Å². The van der Waals surface area contributed by atoms with Crippen LogP contribution in [0.4, 0.5) is 11.4 Å². The van der Waals surface area contributed by atoms with Gasteiger partial charge < -0.3 is 10.2 Å². The molecule has 2 rings (SSSR count). The molecule has 0 aromatic heterocycles. The molecule has 0 spiro atoms. The average molecular weight is 263 g/mol. The molecule has 1 aliphatic heterocycles. The summed E-state index contributed by atoms with van der Waals surface area (Å²) in [4.78, 5) is 13.0. The number of likely N-dealkylation sites (tertiary alicyclic amines) is 1. The standard InChI is InChI=1S/C14H21N3O2/c1-3-16-8-6-12(7-9-16)15-13-5-4-11(2)14(10-13)17(18)19/h4-5,10,12,15H,3,6-9H2,1-2H3. The molecule has 1 saturated heterocycles. The Balaban J connectivity index is 2.00. The van der Waals surface area contributed by atoms with Gasteiger partial charge in [-0.25, -0.2) is 0 Å². The highest BCUT2D eigenvalue weighted by Gasteiger charge is 2.19. The van der Waals surface area contributed by atoms with E-state index >= 15 is 0 Å². The van der Waals surface area contributed by atoms with Crippen LogP contribution in [0.15, 0.2) is 18.2 Å². The molecule has 1 aromatic carbocycles. The number of anilines is 1. The molecule has 1 aromatic rings. The fourth-order valence-corrected chi connectivity index (χ4v) is 2.53. The van der Waals surface area contributed by atoms with E-state index in [9.17, 15) is 10.1 Å². The summed E-state index contributed by atoms with van der Waals surface area (Å²) in [6.07, 6.45) is 2.19. The van der Waals surface area contributed by atoms with Crippen molar-refractivity contribution in [3.63, 3.8) is 0 Å². The Morgan fingerprint density at radius 1 is 1.42 bits per heavy atom. The molecule has 0 atom stereocenters. The molecule has 0 radical (unpaired) electrons. The van der Waals surface area contributed by atoms with Crippen molar-refractivity contribution in [1.29, 1.82) is 0 Å². The van der Waals surface area contributed by atoms with E-state index in [1.165, 1.54) is 0 Å². The number of nitro benzene ring substituents is 1. The number of rotatable bonds is 4. The Labute approximate surface area is 113 Å². The number of hydrogen-bond donors (Lipinski definition) is 1. The maximum atomic E-state index is 10.9. The predicted molar refractivity (Wildman–Crippen MR) is 76.6 cm³/mol. The van der Waals surface area contributed by atoms with E-state index in [1.54, 1.807) is 13.0 Å². The maximum Gasteiger partial charge on any atom is 0.274 e. The van der Waals surface area contributed by atoms with Crippen molar-refractivity contribution in [3.05, 3.63) is 33.9 Å². The summed E-state index contributed by atoms with van der Waals surface area (Å²) < 4.78 is 0. The SMILES string of the molecule is CCN1CCC(Nc2ccc(C)c([N+](=O)[O-])c2)CC1.